The Kier molecular flexibility index (Phi) is 7.67. The molecule has 0 bridgehead atoms. The van der Waals surface area contributed by atoms with Gasteiger partial charge < -0.3 is 25.5 Å². The molecule has 0 unspecified atom stereocenters. The fraction of sp³-hybridized carbons (Fsp3) is 0.444. The van der Waals surface area contributed by atoms with Gasteiger partial charge >= 0.3 is 11.5 Å². The number of H-pyrrole nitrogens is 1. The van der Waals surface area contributed by atoms with Crippen molar-refractivity contribution in [1.82, 2.24) is 14.5 Å². The summed E-state index contributed by atoms with van der Waals surface area (Å²) >= 11 is 0. The summed E-state index contributed by atoms with van der Waals surface area (Å²) in [6, 6.07) is 2.75. The van der Waals surface area contributed by atoms with E-state index in [1.54, 1.807) is 0 Å². The second kappa shape index (κ2) is 10.2. The monoisotopic (exact) mass is 420 g/mol. The molecule has 0 atom stereocenters. The number of anilines is 2. The maximum atomic E-state index is 12.9. The Hall–Kier alpha value is -3.70. The molecular formula is C18H24N6O6. The van der Waals surface area contributed by atoms with Crippen LogP contribution in [0, 0.1) is 10.1 Å². The number of aromatic nitrogens is 3. The first-order chi connectivity index (χ1) is 14.3. The lowest BCUT2D eigenvalue weighted by Crippen LogP contribution is -2.43. The van der Waals surface area contributed by atoms with Gasteiger partial charge in [-0.3, -0.25) is 19.1 Å². The number of nitrogens with two attached hydrogens (primary N) is 1. The van der Waals surface area contributed by atoms with Crippen LogP contribution < -0.4 is 26.6 Å². The molecule has 2 heterocycles. The van der Waals surface area contributed by atoms with E-state index < -0.39 is 34.5 Å². The van der Waals surface area contributed by atoms with E-state index in [1.807, 2.05) is 13.8 Å². The highest BCUT2D eigenvalue weighted by Crippen LogP contribution is 2.23. The van der Waals surface area contributed by atoms with E-state index in [-0.39, 0.29) is 30.3 Å². The fourth-order valence-electron chi connectivity index (χ4n) is 2.81. The van der Waals surface area contributed by atoms with Crippen molar-refractivity contribution in [2.45, 2.75) is 39.7 Å². The molecular weight excluding hydrogens is 396 g/mol. The maximum Gasteiger partial charge on any atom is 0.406 e. The first-order valence-electron chi connectivity index (χ1n) is 9.46. The molecule has 12 nitrogen and oxygen atoms in total. The number of nitro groups is 1. The Morgan fingerprint density at radius 3 is 2.73 bits per heavy atom. The minimum atomic E-state index is -0.790. The molecule has 2 aromatic heterocycles. The Bertz CT molecular complexity index is 1030. The molecule has 0 saturated heterocycles. The van der Waals surface area contributed by atoms with Crippen molar-refractivity contribution in [1.29, 1.82) is 0 Å². The predicted molar refractivity (Wildman–Crippen MR) is 110 cm³/mol. The van der Waals surface area contributed by atoms with Crippen molar-refractivity contribution >= 4 is 23.2 Å². The molecule has 3 N–H and O–H groups in total. The number of nitrogens with zero attached hydrogens (tertiary/aromatic N) is 4. The quantitative estimate of drug-likeness (QED) is 0.425. The number of nitrogens with one attached hydrogen (secondary N) is 1. The van der Waals surface area contributed by atoms with E-state index in [9.17, 15) is 24.5 Å². The van der Waals surface area contributed by atoms with Crippen LogP contribution in [0.3, 0.4) is 0 Å². The summed E-state index contributed by atoms with van der Waals surface area (Å²) in [7, 11) is 0. The van der Waals surface area contributed by atoms with Crippen LogP contribution in [0.2, 0.25) is 0 Å². The molecule has 2 rings (SSSR count). The zero-order valence-electron chi connectivity index (χ0n) is 16.8. The first-order valence-corrected chi connectivity index (χ1v) is 9.46. The number of hydrogen-bond acceptors (Lipinski definition) is 8. The van der Waals surface area contributed by atoms with Gasteiger partial charge in [-0.1, -0.05) is 20.3 Å². The number of nitrogen functional groups attached to an aromatic ring is 1. The third-order valence-electron chi connectivity index (χ3n) is 4.24. The average molecular weight is 420 g/mol. The molecule has 30 heavy (non-hydrogen) atoms. The third kappa shape index (κ3) is 5.01. The van der Waals surface area contributed by atoms with Gasteiger partial charge in [0, 0.05) is 13.1 Å². The summed E-state index contributed by atoms with van der Waals surface area (Å²) in [4.78, 5) is 54.7. The fourth-order valence-corrected chi connectivity index (χ4v) is 2.81. The van der Waals surface area contributed by atoms with Gasteiger partial charge in [-0.05, 0) is 34.9 Å². The topological polar surface area (TPSA) is 166 Å². The van der Waals surface area contributed by atoms with Gasteiger partial charge in [-0.15, -0.1) is 0 Å². The molecule has 12 heteroatoms. The van der Waals surface area contributed by atoms with Crippen LogP contribution in [-0.2, 0) is 11.3 Å². The minimum Gasteiger partial charge on any atom is -0.476 e. The van der Waals surface area contributed by atoms with E-state index in [0.717, 1.165) is 11.3 Å². The number of carbonyl (C=O) groups excluding carboxylic acids is 1. The van der Waals surface area contributed by atoms with Crippen molar-refractivity contribution in [3.05, 3.63) is 49.3 Å². The standard InChI is InChI=1S/C18H24N6O6/c1-3-5-10-22(14-15(19)23(9-4-2)18(27)21-17(14)26)13(25)11-30-12-7-6-8-20-16(12)24(28)29/h6-8H,3-5,9-11,19H2,1-2H3,(H,21,26,27). The van der Waals surface area contributed by atoms with Gasteiger partial charge in [0.05, 0.1) is 0 Å². The Morgan fingerprint density at radius 1 is 1.37 bits per heavy atom. The molecule has 0 aliphatic carbocycles. The molecule has 0 aliphatic rings. The number of hydrogen-bond donors (Lipinski definition) is 2. The number of unbranched alkanes of at least 4 members (excludes halogenated alkanes) is 1. The first kappa shape index (κ1) is 22.6. The van der Waals surface area contributed by atoms with Crippen molar-refractivity contribution in [2.24, 2.45) is 0 Å². The van der Waals surface area contributed by atoms with E-state index in [4.69, 9.17) is 10.5 Å². The molecule has 0 aromatic carbocycles. The van der Waals surface area contributed by atoms with Crippen LogP contribution in [-0.4, -0.2) is 38.5 Å². The molecule has 0 fully saturated rings. The number of aromatic amines is 1. The Morgan fingerprint density at radius 2 is 2.10 bits per heavy atom. The van der Waals surface area contributed by atoms with Crippen LogP contribution in [0.1, 0.15) is 33.1 Å². The number of carbonyl (C=O) groups is 1. The summed E-state index contributed by atoms with van der Waals surface area (Å²) in [5.74, 6) is -1.47. The van der Waals surface area contributed by atoms with Gasteiger partial charge in [-0.2, -0.15) is 0 Å². The van der Waals surface area contributed by atoms with E-state index >= 15 is 0 Å². The van der Waals surface area contributed by atoms with Gasteiger partial charge in [0.2, 0.25) is 5.75 Å². The second-order valence-corrected chi connectivity index (χ2v) is 6.41. The minimum absolute atomic E-state index is 0.123. The molecule has 162 valence electrons. The van der Waals surface area contributed by atoms with Crippen molar-refractivity contribution in [3.8, 4) is 5.75 Å². The number of amides is 1. The molecule has 0 radical (unpaired) electrons. The van der Waals surface area contributed by atoms with Gasteiger partial charge in [-0.25, -0.2) is 4.79 Å². The maximum absolute atomic E-state index is 12.9. The van der Waals surface area contributed by atoms with Crippen LogP contribution in [0.5, 0.6) is 5.75 Å². The van der Waals surface area contributed by atoms with Gasteiger partial charge in [0.15, 0.2) is 12.3 Å². The number of rotatable bonds is 10. The molecule has 0 aliphatic heterocycles. The van der Waals surface area contributed by atoms with Crippen LogP contribution in [0.25, 0.3) is 0 Å². The summed E-state index contributed by atoms with van der Waals surface area (Å²) < 4.78 is 6.50. The lowest BCUT2D eigenvalue weighted by Gasteiger charge is -2.24. The molecule has 0 spiro atoms. The number of ether oxygens (including phenoxy) is 1. The zero-order valence-corrected chi connectivity index (χ0v) is 16.8. The summed E-state index contributed by atoms with van der Waals surface area (Å²) in [6.07, 6.45) is 3.11. The second-order valence-electron chi connectivity index (χ2n) is 6.41. The average Bonchev–Trinajstić information content (AvgIpc) is 2.71. The zero-order chi connectivity index (χ0) is 22.3. The largest absolute Gasteiger partial charge is 0.476 e. The van der Waals surface area contributed by atoms with Gasteiger partial charge in [0.25, 0.3) is 11.5 Å². The number of pyridine rings is 1. The lowest BCUT2D eigenvalue weighted by molar-refractivity contribution is -0.390. The van der Waals surface area contributed by atoms with Crippen molar-refractivity contribution < 1.29 is 14.5 Å². The van der Waals surface area contributed by atoms with Crippen LogP contribution in [0.15, 0.2) is 27.9 Å². The van der Waals surface area contributed by atoms with Crippen LogP contribution >= 0.6 is 0 Å². The molecule has 1 amide bonds. The SMILES string of the molecule is CCCCN(C(=O)COc1cccnc1[N+](=O)[O-])c1c(N)n(CCC)c(=O)[nH]c1=O. The Balaban J connectivity index is 2.38. The highest BCUT2D eigenvalue weighted by Gasteiger charge is 2.25. The lowest BCUT2D eigenvalue weighted by atomic mass is 10.2. The third-order valence-corrected chi connectivity index (χ3v) is 4.24. The van der Waals surface area contributed by atoms with E-state index in [0.29, 0.717) is 12.8 Å². The highest BCUT2D eigenvalue weighted by atomic mass is 16.6. The predicted octanol–water partition coefficient (Wildman–Crippen LogP) is 1.04. The smallest absolute Gasteiger partial charge is 0.406 e. The van der Waals surface area contributed by atoms with E-state index in [2.05, 4.69) is 9.97 Å². The van der Waals surface area contributed by atoms with Crippen molar-refractivity contribution in [3.63, 3.8) is 0 Å². The normalized spacial score (nSPS) is 10.6. The van der Waals surface area contributed by atoms with E-state index in [1.165, 1.54) is 22.9 Å². The Labute approximate surface area is 171 Å². The molecule has 2 aromatic rings. The van der Waals surface area contributed by atoms with Crippen LogP contribution in [0.4, 0.5) is 17.3 Å². The molecule has 0 saturated carbocycles. The highest BCUT2D eigenvalue weighted by molar-refractivity contribution is 5.96. The van der Waals surface area contributed by atoms with Gasteiger partial charge in [0.1, 0.15) is 12.0 Å². The summed E-state index contributed by atoms with van der Waals surface area (Å²) in [6.45, 7) is 3.59. The summed E-state index contributed by atoms with van der Waals surface area (Å²) in [5, 5.41) is 11.1. The summed E-state index contributed by atoms with van der Waals surface area (Å²) in [5.41, 5.74) is 4.46. The van der Waals surface area contributed by atoms with Crippen molar-refractivity contribution in [2.75, 3.05) is 23.8 Å².